The minimum atomic E-state index is -0.195. The van der Waals surface area contributed by atoms with Crippen LogP contribution in [-0.2, 0) is 11.2 Å². The number of hydrogen-bond donors (Lipinski definition) is 1. The minimum absolute atomic E-state index is 0.0929. The number of anilines is 1. The summed E-state index contributed by atoms with van der Waals surface area (Å²) >= 11 is 6.07. The fourth-order valence-electron chi connectivity index (χ4n) is 2.72. The van der Waals surface area contributed by atoms with Gasteiger partial charge < -0.3 is 14.3 Å². The maximum atomic E-state index is 12.3. The maximum Gasteiger partial charge on any atom is 0.230 e. The van der Waals surface area contributed by atoms with Crippen molar-refractivity contribution < 1.29 is 13.7 Å². The third kappa shape index (κ3) is 3.21. The van der Waals surface area contributed by atoms with Crippen LogP contribution in [0.1, 0.15) is 11.3 Å². The molecule has 0 saturated carbocycles. The van der Waals surface area contributed by atoms with Gasteiger partial charge in [0, 0.05) is 22.2 Å². The Hall–Kier alpha value is -3.05. The van der Waals surface area contributed by atoms with Gasteiger partial charge in [0.05, 0.1) is 12.1 Å². The zero-order valence-corrected chi connectivity index (χ0v) is 14.7. The number of amides is 1. The fraction of sp³-hybridized carbons (Fsp3) is 0.100. The molecule has 2 aromatic carbocycles. The molecule has 4 rings (SSSR count). The number of para-hydroxylation sites is 1. The lowest BCUT2D eigenvalue weighted by Crippen LogP contribution is -2.15. The number of nitrogens with zero attached hydrogens (tertiary/aromatic N) is 1. The fourth-order valence-corrected chi connectivity index (χ4v) is 2.89. The van der Waals surface area contributed by atoms with Crippen LogP contribution in [-0.4, -0.2) is 11.1 Å². The number of rotatable bonds is 4. The number of nitrogens with one attached hydrogen (secondary N) is 1. The highest BCUT2D eigenvalue weighted by Crippen LogP contribution is 2.28. The van der Waals surface area contributed by atoms with E-state index < -0.39 is 0 Å². The molecule has 2 aromatic heterocycles. The SMILES string of the molecule is Cc1c(Cl)cccc1NC(=O)Cc1cc(-c2cc3ccccc3o2)on1. The van der Waals surface area contributed by atoms with Crippen molar-refractivity contribution in [2.45, 2.75) is 13.3 Å². The van der Waals surface area contributed by atoms with Crippen molar-refractivity contribution in [1.82, 2.24) is 5.16 Å². The Morgan fingerprint density at radius 2 is 1.96 bits per heavy atom. The first-order valence-electron chi connectivity index (χ1n) is 8.09. The van der Waals surface area contributed by atoms with Crippen molar-refractivity contribution in [3.8, 4) is 11.5 Å². The quantitative estimate of drug-likeness (QED) is 0.537. The molecule has 1 amide bonds. The summed E-state index contributed by atoms with van der Waals surface area (Å²) in [4.78, 5) is 12.3. The van der Waals surface area contributed by atoms with Gasteiger partial charge in [-0.3, -0.25) is 4.79 Å². The van der Waals surface area contributed by atoms with Crippen LogP contribution in [0.15, 0.2) is 63.5 Å². The third-order valence-corrected chi connectivity index (χ3v) is 4.52. The largest absolute Gasteiger partial charge is 0.453 e. The lowest BCUT2D eigenvalue weighted by atomic mass is 10.2. The molecule has 0 saturated heterocycles. The van der Waals surface area contributed by atoms with Crippen molar-refractivity contribution in [3.63, 3.8) is 0 Å². The highest BCUT2D eigenvalue weighted by Gasteiger charge is 2.15. The van der Waals surface area contributed by atoms with E-state index >= 15 is 0 Å². The summed E-state index contributed by atoms with van der Waals surface area (Å²) in [6.07, 6.45) is 0.0929. The second kappa shape index (κ2) is 6.69. The van der Waals surface area contributed by atoms with Gasteiger partial charge in [-0.05, 0) is 36.8 Å². The van der Waals surface area contributed by atoms with Gasteiger partial charge in [0.25, 0.3) is 0 Å². The molecule has 26 heavy (non-hydrogen) atoms. The van der Waals surface area contributed by atoms with E-state index in [-0.39, 0.29) is 12.3 Å². The van der Waals surface area contributed by atoms with E-state index in [0.29, 0.717) is 27.9 Å². The predicted octanol–water partition coefficient (Wildman–Crippen LogP) is 5.23. The van der Waals surface area contributed by atoms with Crippen LogP contribution in [0.2, 0.25) is 5.02 Å². The third-order valence-electron chi connectivity index (χ3n) is 4.11. The Morgan fingerprint density at radius 1 is 1.12 bits per heavy atom. The molecule has 0 radical (unpaired) electrons. The lowest BCUT2D eigenvalue weighted by Gasteiger charge is -2.08. The Balaban J connectivity index is 1.49. The summed E-state index contributed by atoms with van der Waals surface area (Å²) in [6, 6.07) is 16.7. The molecule has 0 bridgehead atoms. The van der Waals surface area contributed by atoms with Gasteiger partial charge in [-0.25, -0.2) is 0 Å². The highest BCUT2D eigenvalue weighted by atomic mass is 35.5. The van der Waals surface area contributed by atoms with Crippen molar-refractivity contribution in [2.24, 2.45) is 0 Å². The van der Waals surface area contributed by atoms with Crippen LogP contribution in [0.25, 0.3) is 22.5 Å². The summed E-state index contributed by atoms with van der Waals surface area (Å²) in [6.45, 7) is 1.85. The average molecular weight is 367 g/mol. The van der Waals surface area contributed by atoms with Crippen LogP contribution in [0, 0.1) is 6.92 Å². The highest BCUT2D eigenvalue weighted by molar-refractivity contribution is 6.31. The van der Waals surface area contributed by atoms with Gasteiger partial charge in [0.15, 0.2) is 5.76 Å². The zero-order valence-electron chi connectivity index (χ0n) is 14.0. The Bertz CT molecular complexity index is 1060. The standard InChI is InChI=1S/C20H15ClN2O3/c1-12-15(21)6-4-7-16(12)22-20(24)11-14-10-19(26-23-14)18-9-13-5-2-3-8-17(13)25-18/h2-10H,11H2,1H3,(H,22,24). The van der Waals surface area contributed by atoms with Crippen LogP contribution >= 0.6 is 11.6 Å². The predicted molar refractivity (Wildman–Crippen MR) is 100 cm³/mol. The first kappa shape index (κ1) is 16.4. The Kier molecular flexibility index (Phi) is 4.22. The van der Waals surface area contributed by atoms with Gasteiger partial charge in [-0.15, -0.1) is 0 Å². The summed E-state index contributed by atoms with van der Waals surface area (Å²) < 4.78 is 11.1. The molecule has 6 heteroatoms. The van der Waals surface area contributed by atoms with Crippen LogP contribution in [0.4, 0.5) is 5.69 Å². The molecule has 0 unspecified atom stereocenters. The molecule has 0 aliphatic heterocycles. The number of halogens is 1. The van der Waals surface area contributed by atoms with Gasteiger partial charge in [0.1, 0.15) is 5.58 Å². The number of hydrogen-bond acceptors (Lipinski definition) is 4. The summed E-state index contributed by atoms with van der Waals surface area (Å²) in [7, 11) is 0. The number of aromatic nitrogens is 1. The molecule has 0 aliphatic rings. The van der Waals surface area contributed by atoms with Crippen molar-refractivity contribution in [1.29, 1.82) is 0 Å². The van der Waals surface area contributed by atoms with Crippen LogP contribution in [0.3, 0.4) is 0 Å². The summed E-state index contributed by atoms with van der Waals surface area (Å²) in [5.74, 6) is 0.874. The minimum Gasteiger partial charge on any atom is -0.453 e. The lowest BCUT2D eigenvalue weighted by molar-refractivity contribution is -0.115. The molecule has 130 valence electrons. The van der Waals surface area contributed by atoms with Crippen LogP contribution < -0.4 is 5.32 Å². The monoisotopic (exact) mass is 366 g/mol. The molecular weight excluding hydrogens is 352 g/mol. The first-order valence-corrected chi connectivity index (χ1v) is 8.47. The molecular formula is C20H15ClN2O3. The van der Waals surface area contributed by atoms with E-state index in [0.717, 1.165) is 16.5 Å². The van der Waals surface area contributed by atoms with Crippen molar-refractivity contribution in [3.05, 3.63) is 70.9 Å². The van der Waals surface area contributed by atoms with E-state index in [1.165, 1.54) is 0 Å². The molecule has 2 heterocycles. The molecule has 1 N–H and O–H groups in total. The van der Waals surface area contributed by atoms with Gasteiger partial charge in [-0.2, -0.15) is 0 Å². The smallest absolute Gasteiger partial charge is 0.230 e. The van der Waals surface area contributed by atoms with E-state index in [4.69, 9.17) is 20.5 Å². The molecule has 0 fully saturated rings. The number of fused-ring (bicyclic) bond motifs is 1. The average Bonchev–Trinajstić information content (AvgIpc) is 3.25. The van der Waals surface area contributed by atoms with Crippen molar-refractivity contribution >= 4 is 34.2 Å². The van der Waals surface area contributed by atoms with Gasteiger partial charge in [-0.1, -0.05) is 41.0 Å². The number of benzene rings is 2. The number of carbonyl (C=O) groups excluding carboxylic acids is 1. The molecule has 0 spiro atoms. The zero-order chi connectivity index (χ0) is 18.1. The summed E-state index contributed by atoms with van der Waals surface area (Å²) in [5.41, 5.74) is 2.81. The first-order chi connectivity index (χ1) is 12.6. The van der Waals surface area contributed by atoms with Crippen LogP contribution in [0.5, 0.6) is 0 Å². The van der Waals surface area contributed by atoms with Gasteiger partial charge in [0.2, 0.25) is 11.7 Å². The second-order valence-electron chi connectivity index (χ2n) is 5.97. The normalized spacial score (nSPS) is 11.0. The topological polar surface area (TPSA) is 68.3 Å². The van der Waals surface area contributed by atoms with E-state index in [1.54, 1.807) is 18.2 Å². The van der Waals surface area contributed by atoms with Crippen molar-refractivity contribution in [2.75, 3.05) is 5.32 Å². The van der Waals surface area contributed by atoms with E-state index in [9.17, 15) is 4.79 Å². The number of furan rings is 1. The Morgan fingerprint density at radius 3 is 2.81 bits per heavy atom. The van der Waals surface area contributed by atoms with Gasteiger partial charge >= 0.3 is 0 Å². The maximum absolute atomic E-state index is 12.3. The van der Waals surface area contributed by atoms with E-state index in [1.807, 2.05) is 43.3 Å². The molecule has 4 aromatic rings. The molecule has 5 nitrogen and oxygen atoms in total. The molecule has 0 atom stereocenters. The Labute approximate surface area is 154 Å². The van der Waals surface area contributed by atoms with E-state index in [2.05, 4.69) is 10.5 Å². The molecule has 0 aliphatic carbocycles. The second-order valence-corrected chi connectivity index (χ2v) is 6.38. The number of carbonyl (C=O) groups is 1. The summed E-state index contributed by atoms with van der Waals surface area (Å²) in [5, 5.41) is 8.39.